The van der Waals surface area contributed by atoms with Gasteiger partial charge in [0.1, 0.15) is 0 Å². The van der Waals surface area contributed by atoms with E-state index in [1.165, 1.54) is 5.56 Å². The maximum absolute atomic E-state index is 12.4. The van der Waals surface area contributed by atoms with Crippen molar-refractivity contribution in [1.29, 1.82) is 0 Å². The smallest absolute Gasteiger partial charge is 0.313 e. The molecule has 1 aliphatic heterocycles. The summed E-state index contributed by atoms with van der Waals surface area (Å²) in [4.78, 5) is 27.0. The van der Waals surface area contributed by atoms with Crippen molar-refractivity contribution in [2.45, 2.75) is 25.8 Å². The fourth-order valence-electron chi connectivity index (χ4n) is 3.54. The van der Waals surface area contributed by atoms with E-state index in [1.54, 1.807) is 0 Å². The molecular weight excluding hydrogens is 368 g/mol. The maximum Gasteiger partial charge on any atom is 0.313 e. The molecule has 1 aromatic heterocycles. The lowest BCUT2D eigenvalue weighted by molar-refractivity contribution is -0.136. The lowest BCUT2D eigenvalue weighted by Gasteiger charge is -2.34. The van der Waals surface area contributed by atoms with Gasteiger partial charge in [0.25, 0.3) is 0 Å². The van der Waals surface area contributed by atoms with Gasteiger partial charge in [0.15, 0.2) is 0 Å². The second-order valence-electron chi connectivity index (χ2n) is 7.65. The van der Waals surface area contributed by atoms with E-state index in [2.05, 4.69) is 29.4 Å². The second kappa shape index (κ2) is 9.71. The predicted octanol–water partition coefficient (Wildman–Crippen LogP) is 2.28. The molecule has 0 spiro atoms. The molecule has 2 heterocycles. The van der Waals surface area contributed by atoms with Gasteiger partial charge in [-0.2, -0.15) is 0 Å². The number of amides is 2. The van der Waals surface area contributed by atoms with Gasteiger partial charge in [0, 0.05) is 44.3 Å². The van der Waals surface area contributed by atoms with Crippen molar-refractivity contribution >= 4 is 17.5 Å². The topological polar surface area (TPSA) is 75.6 Å². The summed E-state index contributed by atoms with van der Waals surface area (Å²) >= 11 is 0. The van der Waals surface area contributed by atoms with Gasteiger partial charge in [-0.3, -0.25) is 14.5 Å². The molecule has 29 heavy (non-hydrogen) atoms. The predicted molar refractivity (Wildman–Crippen MR) is 113 cm³/mol. The highest BCUT2D eigenvalue weighted by atomic mass is 16.5. The van der Waals surface area contributed by atoms with Crippen molar-refractivity contribution in [3.8, 4) is 0 Å². The van der Waals surface area contributed by atoms with E-state index in [-0.39, 0.29) is 6.04 Å². The Kier molecular flexibility index (Phi) is 7.06. The number of ether oxygens (including phenoxy) is 1. The number of nitrogens with zero attached hydrogens (tertiary/aromatic N) is 2. The number of aromatic nitrogens is 1. The van der Waals surface area contributed by atoms with Crippen LogP contribution in [-0.4, -0.2) is 54.1 Å². The molecule has 1 fully saturated rings. The van der Waals surface area contributed by atoms with Crippen molar-refractivity contribution < 1.29 is 14.3 Å². The van der Waals surface area contributed by atoms with Crippen molar-refractivity contribution in [3.63, 3.8) is 0 Å². The first-order valence-corrected chi connectivity index (χ1v) is 10.1. The average molecular weight is 399 g/mol. The number of anilines is 1. The minimum absolute atomic E-state index is 0.0130. The third kappa shape index (κ3) is 5.46. The van der Waals surface area contributed by atoms with E-state index in [0.29, 0.717) is 31.4 Å². The maximum atomic E-state index is 12.4. The summed E-state index contributed by atoms with van der Waals surface area (Å²) in [5.74, 6) is -0.877. The van der Waals surface area contributed by atoms with E-state index in [1.807, 2.05) is 54.2 Å². The minimum Gasteiger partial charge on any atom is -0.379 e. The van der Waals surface area contributed by atoms with E-state index in [0.717, 1.165) is 18.8 Å². The molecule has 0 aliphatic carbocycles. The molecular formula is C22H30N4O3. The molecule has 1 aliphatic rings. The Morgan fingerprint density at radius 2 is 1.76 bits per heavy atom. The summed E-state index contributed by atoms with van der Waals surface area (Å²) in [6.07, 6.45) is 1.98. The standard InChI is InChI=1S/C22H30N4O3/c1-16(2)17-6-8-18(9-7-17)24-22(28)21(27)23-15-20(19-5-4-10-25(19)3)26-11-13-29-14-12-26/h4-10,16,20H,11-15H2,1-3H3,(H,23,27)(H,24,28)/t20-/m1/s1. The number of carbonyl (C=O) groups is 2. The van der Waals surface area contributed by atoms with E-state index in [4.69, 9.17) is 4.74 Å². The third-order valence-electron chi connectivity index (χ3n) is 5.31. The second-order valence-corrected chi connectivity index (χ2v) is 7.65. The summed E-state index contributed by atoms with van der Waals surface area (Å²) in [5.41, 5.74) is 2.89. The van der Waals surface area contributed by atoms with Gasteiger partial charge < -0.3 is 19.9 Å². The van der Waals surface area contributed by atoms with Crippen molar-refractivity contribution in [2.24, 2.45) is 7.05 Å². The number of rotatable bonds is 6. The van der Waals surface area contributed by atoms with Crippen LogP contribution in [-0.2, 0) is 21.4 Å². The molecule has 3 rings (SSSR count). The van der Waals surface area contributed by atoms with E-state index in [9.17, 15) is 9.59 Å². The largest absolute Gasteiger partial charge is 0.379 e. The van der Waals surface area contributed by atoms with Gasteiger partial charge in [-0.1, -0.05) is 26.0 Å². The van der Waals surface area contributed by atoms with Gasteiger partial charge in [0.05, 0.1) is 19.3 Å². The number of aryl methyl sites for hydroxylation is 1. The zero-order chi connectivity index (χ0) is 20.8. The van der Waals surface area contributed by atoms with Gasteiger partial charge in [-0.15, -0.1) is 0 Å². The normalized spacial score (nSPS) is 15.9. The monoisotopic (exact) mass is 398 g/mol. The molecule has 0 saturated carbocycles. The molecule has 156 valence electrons. The summed E-state index contributed by atoms with van der Waals surface area (Å²) in [7, 11) is 1.98. The number of benzene rings is 1. The Bertz CT molecular complexity index is 823. The molecule has 1 atom stereocenters. The fraction of sp³-hybridized carbons (Fsp3) is 0.455. The van der Waals surface area contributed by atoms with Crippen LogP contribution in [0.2, 0.25) is 0 Å². The molecule has 0 radical (unpaired) electrons. The molecule has 2 aromatic rings. The molecule has 1 aromatic carbocycles. The Morgan fingerprint density at radius 3 is 2.34 bits per heavy atom. The van der Waals surface area contributed by atoms with Crippen LogP contribution in [0.5, 0.6) is 0 Å². The van der Waals surface area contributed by atoms with Crippen LogP contribution in [0, 0.1) is 0 Å². The van der Waals surface area contributed by atoms with Crippen molar-refractivity contribution in [1.82, 2.24) is 14.8 Å². The van der Waals surface area contributed by atoms with Gasteiger partial charge >= 0.3 is 11.8 Å². The molecule has 7 nitrogen and oxygen atoms in total. The Hall–Kier alpha value is -2.64. The molecule has 7 heteroatoms. The highest BCUT2D eigenvalue weighted by Gasteiger charge is 2.26. The minimum atomic E-state index is -0.657. The Labute approximate surface area is 172 Å². The zero-order valence-electron chi connectivity index (χ0n) is 17.4. The van der Waals surface area contributed by atoms with E-state index >= 15 is 0 Å². The molecule has 2 amide bonds. The van der Waals surface area contributed by atoms with Gasteiger partial charge in [-0.25, -0.2) is 0 Å². The molecule has 0 bridgehead atoms. The molecule has 1 saturated heterocycles. The summed E-state index contributed by atoms with van der Waals surface area (Å²) in [6, 6.07) is 11.6. The van der Waals surface area contributed by atoms with Crippen LogP contribution >= 0.6 is 0 Å². The van der Waals surface area contributed by atoms with Gasteiger partial charge in [-0.05, 0) is 35.7 Å². The van der Waals surface area contributed by atoms with Gasteiger partial charge in [0.2, 0.25) is 0 Å². The number of hydrogen-bond acceptors (Lipinski definition) is 4. The Morgan fingerprint density at radius 1 is 1.07 bits per heavy atom. The molecule has 2 N–H and O–H groups in total. The van der Waals surface area contributed by atoms with Crippen LogP contribution in [0.4, 0.5) is 5.69 Å². The quantitative estimate of drug-likeness (QED) is 0.732. The Balaban J connectivity index is 1.60. The van der Waals surface area contributed by atoms with Crippen molar-refractivity contribution in [3.05, 3.63) is 53.9 Å². The first-order chi connectivity index (χ1) is 14.0. The number of morpholine rings is 1. The first-order valence-electron chi connectivity index (χ1n) is 10.1. The molecule has 0 unspecified atom stereocenters. The van der Waals surface area contributed by atoms with Crippen molar-refractivity contribution in [2.75, 3.05) is 38.2 Å². The first kappa shape index (κ1) is 21.1. The lowest BCUT2D eigenvalue weighted by atomic mass is 10.0. The number of carbonyl (C=O) groups excluding carboxylic acids is 2. The SMILES string of the molecule is CC(C)c1ccc(NC(=O)C(=O)NC[C@H](c2cccn2C)N2CCOCC2)cc1. The van der Waals surface area contributed by atoms with Crippen LogP contribution in [0.15, 0.2) is 42.6 Å². The zero-order valence-corrected chi connectivity index (χ0v) is 17.4. The van der Waals surface area contributed by atoms with Crippen LogP contribution in [0.25, 0.3) is 0 Å². The van der Waals surface area contributed by atoms with E-state index < -0.39 is 11.8 Å². The van der Waals surface area contributed by atoms with Crippen LogP contribution < -0.4 is 10.6 Å². The van der Waals surface area contributed by atoms with Crippen LogP contribution in [0.3, 0.4) is 0 Å². The number of nitrogens with one attached hydrogen (secondary N) is 2. The average Bonchev–Trinajstić information content (AvgIpc) is 3.15. The highest BCUT2D eigenvalue weighted by molar-refractivity contribution is 6.39. The summed E-state index contributed by atoms with van der Waals surface area (Å²) < 4.78 is 7.50. The summed E-state index contributed by atoms with van der Waals surface area (Å²) in [6.45, 7) is 7.50. The summed E-state index contributed by atoms with van der Waals surface area (Å²) in [5, 5.41) is 5.47. The third-order valence-corrected chi connectivity index (χ3v) is 5.31. The highest BCUT2D eigenvalue weighted by Crippen LogP contribution is 2.21. The number of hydrogen-bond donors (Lipinski definition) is 2. The fourth-order valence-corrected chi connectivity index (χ4v) is 3.54. The van der Waals surface area contributed by atoms with Crippen LogP contribution in [0.1, 0.15) is 37.1 Å². The lowest BCUT2D eigenvalue weighted by Crippen LogP contribution is -2.46.